The molecule has 136 valence electrons. The predicted molar refractivity (Wildman–Crippen MR) is 102 cm³/mol. The Labute approximate surface area is 154 Å². The van der Waals surface area contributed by atoms with Crippen molar-refractivity contribution in [1.82, 2.24) is 24.7 Å². The first kappa shape index (κ1) is 16.0. The van der Waals surface area contributed by atoms with Crippen LogP contribution in [0, 0.1) is 6.92 Å². The monoisotopic (exact) mass is 362 g/mol. The molecule has 0 atom stereocenters. The summed E-state index contributed by atoms with van der Waals surface area (Å²) in [5.41, 5.74) is 3.25. The normalized spacial score (nSPS) is 14.9. The summed E-state index contributed by atoms with van der Waals surface area (Å²) < 4.78 is 7.13. The third-order valence-electron chi connectivity index (χ3n) is 4.77. The zero-order chi connectivity index (χ0) is 18.4. The number of nitrogens with zero attached hydrogens (tertiary/aromatic N) is 5. The molecule has 0 saturated carbocycles. The lowest BCUT2D eigenvalue weighted by Gasteiger charge is -2.28. The van der Waals surface area contributed by atoms with E-state index in [1.54, 1.807) is 22.9 Å². The fourth-order valence-electron chi connectivity index (χ4n) is 3.41. The van der Waals surface area contributed by atoms with Gasteiger partial charge in [-0.2, -0.15) is 0 Å². The summed E-state index contributed by atoms with van der Waals surface area (Å²) in [7, 11) is 0. The second kappa shape index (κ2) is 6.17. The molecule has 27 heavy (non-hydrogen) atoms. The second-order valence-corrected chi connectivity index (χ2v) is 6.61. The van der Waals surface area contributed by atoms with Crippen LogP contribution in [-0.2, 0) is 0 Å². The van der Waals surface area contributed by atoms with Gasteiger partial charge in [0.15, 0.2) is 17.1 Å². The van der Waals surface area contributed by atoms with Crippen molar-refractivity contribution in [2.75, 3.05) is 31.1 Å². The molecule has 0 amide bonds. The Morgan fingerprint density at radius 1 is 1.15 bits per heavy atom. The van der Waals surface area contributed by atoms with E-state index in [9.17, 15) is 4.79 Å². The summed E-state index contributed by atoms with van der Waals surface area (Å²) in [6.07, 6.45) is 3.42. The number of nitrogens with one attached hydrogen (secondary N) is 1. The van der Waals surface area contributed by atoms with E-state index in [0.717, 1.165) is 43.1 Å². The maximum Gasteiger partial charge on any atom is 0.258 e. The molecule has 4 aromatic rings. The van der Waals surface area contributed by atoms with E-state index in [-0.39, 0.29) is 5.56 Å². The molecule has 1 fully saturated rings. The Morgan fingerprint density at radius 3 is 2.85 bits per heavy atom. The maximum absolute atomic E-state index is 12.7. The van der Waals surface area contributed by atoms with Crippen LogP contribution in [0.4, 0.5) is 5.82 Å². The van der Waals surface area contributed by atoms with Gasteiger partial charge in [-0.1, -0.05) is 6.07 Å². The van der Waals surface area contributed by atoms with Crippen LogP contribution >= 0.6 is 0 Å². The summed E-state index contributed by atoms with van der Waals surface area (Å²) in [6, 6.07) is 7.16. The van der Waals surface area contributed by atoms with Crippen LogP contribution < -0.4 is 15.8 Å². The molecule has 1 N–H and O–H groups in total. The van der Waals surface area contributed by atoms with Crippen molar-refractivity contribution < 1.29 is 4.42 Å². The van der Waals surface area contributed by atoms with Gasteiger partial charge in [-0.15, -0.1) is 0 Å². The molecule has 5 rings (SSSR count). The van der Waals surface area contributed by atoms with Crippen LogP contribution in [0.25, 0.3) is 28.0 Å². The molecule has 1 aliphatic heterocycles. The van der Waals surface area contributed by atoms with Crippen LogP contribution in [0.5, 0.6) is 0 Å². The zero-order valence-electron chi connectivity index (χ0n) is 14.8. The fraction of sp³-hybridized carbons (Fsp3) is 0.263. The molecule has 1 aromatic carbocycles. The van der Waals surface area contributed by atoms with E-state index in [1.165, 1.54) is 0 Å². The second-order valence-electron chi connectivity index (χ2n) is 6.61. The number of oxazole rings is 1. The molecule has 0 bridgehead atoms. The van der Waals surface area contributed by atoms with E-state index in [4.69, 9.17) is 4.42 Å². The minimum absolute atomic E-state index is 0.136. The van der Waals surface area contributed by atoms with Gasteiger partial charge in [0.2, 0.25) is 0 Å². The lowest BCUT2D eigenvalue weighted by Crippen LogP contribution is -2.44. The van der Waals surface area contributed by atoms with Crippen molar-refractivity contribution in [3.05, 3.63) is 52.9 Å². The quantitative estimate of drug-likeness (QED) is 0.579. The first-order chi connectivity index (χ1) is 13.2. The number of aryl methyl sites for hydroxylation is 1. The summed E-state index contributed by atoms with van der Waals surface area (Å²) >= 11 is 0. The highest BCUT2D eigenvalue weighted by atomic mass is 16.3. The van der Waals surface area contributed by atoms with Crippen molar-refractivity contribution in [3.63, 3.8) is 0 Å². The van der Waals surface area contributed by atoms with E-state index in [0.29, 0.717) is 22.8 Å². The molecule has 1 saturated heterocycles. The molecular formula is C19H18N6O2. The topological polar surface area (TPSA) is 88.6 Å². The molecule has 0 aliphatic carbocycles. The number of rotatable bonds is 2. The van der Waals surface area contributed by atoms with Gasteiger partial charge in [-0.05, 0) is 12.1 Å². The van der Waals surface area contributed by atoms with Crippen molar-refractivity contribution in [2.45, 2.75) is 6.92 Å². The molecule has 0 radical (unpaired) electrons. The standard InChI is InChI=1S/C19H18N6O2/c1-12-22-14-3-2-13(8-16(14)27-12)15-9-19(26)25-11-18(21-10-17(25)23-15)24-6-4-20-5-7-24/h2-3,8-11,20H,4-7H2,1H3. The van der Waals surface area contributed by atoms with E-state index >= 15 is 0 Å². The average Bonchev–Trinajstić information content (AvgIpc) is 3.07. The van der Waals surface area contributed by atoms with Gasteiger partial charge < -0.3 is 14.6 Å². The SMILES string of the molecule is Cc1nc2ccc(-c3cc(=O)n4cc(N5CCNCC5)ncc4n3)cc2o1. The smallest absolute Gasteiger partial charge is 0.258 e. The number of piperazine rings is 1. The number of fused-ring (bicyclic) bond motifs is 2. The molecule has 4 heterocycles. The Kier molecular flexibility index (Phi) is 3.64. The predicted octanol–water partition coefficient (Wildman–Crippen LogP) is 1.62. The Morgan fingerprint density at radius 2 is 2.00 bits per heavy atom. The highest BCUT2D eigenvalue weighted by Crippen LogP contribution is 2.23. The third kappa shape index (κ3) is 2.83. The molecule has 0 spiro atoms. The Hall–Kier alpha value is -3.26. The molecule has 8 heteroatoms. The van der Waals surface area contributed by atoms with E-state index in [1.807, 2.05) is 25.1 Å². The molecule has 3 aromatic heterocycles. The van der Waals surface area contributed by atoms with Gasteiger partial charge in [0.05, 0.1) is 18.1 Å². The number of aromatic nitrogens is 4. The van der Waals surface area contributed by atoms with Crippen molar-refractivity contribution in [3.8, 4) is 11.3 Å². The van der Waals surface area contributed by atoms with Crippen LogP contribution in [-0.4, -0.2) is 45.5 Å². The van der Waals surface area contributed by atoms with Crippen molar-refractivity contribution in [1.29, 1.82) is 0 Å². The summed E-state index contributed by atoms with van der Waals surface area (Å²) in [4.78, 5) is 28.3. The average molecular weight is 362 g/mol. The van der Waals surface area contributed by atoms with Crippen LogP contribution in [0.2, 0.25) is 0 Å². The molecule has 0 unspecified atom stereocenters. The van der Waals surface area contributed by atoms with Gasteiger partial charge >= 0.3 is 0 Å². The van der Waals surface area contributed by atoms with Gasteiger partial charge in [-0.25, -0.2) is 15.0 Å². The lowest BCUT2D eigenvalue weighted by molar-refractivity contribution is 0.561. The minimum atomic E-state index is -0.136. The summed E-state index contributed by atoms with van der Waals surface area (Å²) in [5, 5.41) is 3.31. The first-order valence-electron chi connectivity index (χ1n) is 8.90. The van der Waals surface area contributed by atoms with Crippen LogP contribution in [0.15, 0.2) is 45.9 Å². The first-order valence-corrected chi connectivity index (χ1v) is 8.90. The number of anilines is 1. The minimum Gasteiger partial charge on any atom is -0.441 e. The maximum atomic E-state index is 12.7. The largest absolute Gasteiger partial charge is 0.441 e. The van der Waals surface area contributed by atoms with Crippen molar-refractivity contribution >= 4 is 22.6 Å². The fourth-order valence-corrected chi connectivity index (χ4v) is 3.41. The highest BCUT2D eigenvalue weighted by molar-refractivity contribution is 5.79. The zero-order valence-corrected chi connectivity index (χ0v) is 14.8. The van der Waals surface area contributed by atoms with E-state index < -0.39 is 0 Å². The van der Waals surface area contributed by atoms with Gasteiger partial charge in [0.1, 0.15) is 11.3 Å². The van der Waals surface area contributed by atoms with Crippen LogP contribution in [0.3, 0.4) is 0 Å². The Bertz CT molecular complexity index is 1210. The molecule has 1 aliphatic rings. The van der Waals surface area contributed by atoms with Gasteiger partial charge in [0.25, 0.3) is 5.56 Å². The van der Waals surface area contributed by atoms with Crippen molar-refractivity contribution in [2.24, 2.45) is 0 Å². The number of benzene rings is 1. The van der Waals surface area contributed by atoms with Gasteiger partial charge in [0, 0.05) is 44.7 Å². The molecule has 8 nitrogen and oxygen atoms in total. The van der Waals surface area contributed by atoms with Gasteiger partial charge in [-0.3, -0.25) is 9.20 Å². The number of hydrogen-bond donors (Lipinski definition) is 1. The third-order valence-corrected chi connectivity index (χ3v) is 4.77. The summed E-state index contributed by atoms with van der Waals surface area (Å²) in [5.74, 6) is 1.40. The summed E-state index contributed by atoms with van der Waals surface area (Å²) in [6.45, 7) is 5.37. The lowest BCUT2D eigenvalue weighted by atomic mass is 10.1. The highest BCUT2D eigenvalue weighted by Gasteiger charge is 2.14. The molecular weight excluding hydrogens is 344 g/mol. The Balaban J connectivity index is 1.58. The van der Waals surface area contributed by atoms with Crippen LogP contribution in [0.1, 0.15) is 5.89 Å². The number of hydrogen-bond acceptors (Lipinski definition) is 7. The van der Waals surface area contributed by atoms with E-state index in [2.05, 4.69) is 25.2 Å².